The van der Waals surface area contributed by atoms with Gasteiger partial charge in [-0.25, -0.2) is 0 Å². The van der Waals surface area contributed by atoms with Crippen LogP contribution in [0.5, 0.6) is 17.2 Å². The molecule has 1 aromatic heterocycles. The van der Waals surface area contributed by atoms with E-state index in [2.05, 4.69) is 0 Å². The lowest BCUT2D eigenvalue weighted by atomic mass is 9.90. The minimum Gasteiger partial charge on any atom is -0.508 e. The normalized spacial score (nSPS) is 30.1. The van der Waals surface area contributed by atoms with Gasteiger partial charge < -0.3 is 49.3 Å². The highest BCUT2D eigenvalue weighted by Gasteiger charge is 2.47. The Morgan fingerprint density at radius 2 is 1.66 bits per heavy atom. The van der Waals surface area contributed by atoms with Crippen molar-refractivity contribution in [1.29, 1.82) is 0 Å². The van der Waals surface area contributed by atoms with Crippen LogP contribution in [-0.2, 0) is 15.9 Å². The van der Waals surface area contributed by atoms with Gasteiger partial charge in [-0.1, -0.05) is 0 Å². The Hall–Kier alpha value is -2.86. The molecule has 188 valence electrons. The smallest absolute Gasteiger partial charge is 0.187 e. The molecule has 0 saturated carbocycles. The summed E-state index contributed by atoms with van der Waals surface area (Å²) in [7, 11) is 0. The lowest BCUT2D eigenvalue weighted by Crippen LogP contribution is -2.61. The van der Waals surface area contributed by atoms with Crippen molar-refractivity contribution in [2.24, 2.45) is 0 Å². The molecule has 5 rings (SSSR count). The maximum Gasteiger partial charge on any atom is 0.187 e. The Morgan fingerprint density at radius 3 is 2.34 bits per heavy atom. The minimum atomic E-state index is -1.54. The van der Waals surface area contributed by atoms with Crippen LogP contribution in [0, 0.1) is 0 Å². The Morgan fingerprint density at radius 1 is 0.943 bits per heavy atom. The molecule has 0 unspecified atom stereocenters. The number of phenols is 2. The fourth-order valence-electron chi connectivity index (χ4n) is 4.60. The molecule has 0 spiro atoms. The van der Waals surface area contributed by atoms with E-state index in [1.165, 1.54) is 18.2 Å². The molecule has 0 radical (unpaired) electrons. The average molecular weight is 488 g/mol. The molecule has 3 aromatic rings. The van der Waals surface area contributed by atoms with Crippen molar-refractivity contribution in [3.8, 4) is 28.6 Å². The number of hydrogen-bond acceptors (Lipinski definition) is 10. The van der Waals surface area contributed by atoms with Gasteiger partial charge in [-0.2, -0.15) is 0 Å². The fourth-order valence-corrected chi connectivity index (χ4v) is 4.60. The summed E-state index contributed by atoms with van der Waals surface area (Å²) in [6.07, 6.45) is -7.07. The van der Waals surface area contributed by atoms with Crippen LogP contribution in [0.1, 0.15) is 19.4 Å². The number of rotatable bonds is 4. The second kappa shape index (κ2) is 8.66. The fraction of sp³-hybridized carbons (Fsp3) is 0.440. The number of hydrogen-bond donors (Lipinski definition) is 6. The van der Waals surface area contributed by atoms with Crippen molar-refractivity contribution in [1.82, 2.24) is 0 Å². The van der Waals surface area contributed by atoms with E-state index < -0.39 is 49.0 Å². The summed E-state index contributed by atoms with van der Waals surface area (Å²) < 4.78 is 23.7. The summed E-state index contributed by atoms with van der Waals surface area (Å²) in [4.78, 5) is 0. The molecule has 0 aliphatic carbocycles. The van der Waals surface area contributed by atoms with Gasteiger partial charge in [0.2, 0.25) is 0 Å². The summed E-state index contributed by atoms with van der Waals surface area (Å²) in [6.45, 7) is 3.09. The van der Waals surface area contributed by atoms with Crippen molar-refractivity contribution in [2.75, 3.05) is 6.61 Å². The molecular weight excluding hydrogens is 460 g/mol. The van der Waals surface area contributed by atoms with E-state index in [4.69, 9.17) is 18.6 Å². The van der Waals surface area contributed by atoms with Crippen molar-refractivity contribution in [3.63, 3.8) is 0 Å². The molecule has 2 aromatic carbocycles. The standard InChI is InChI=1S/C25H28O10/c1-25(2)20(34-24-23(31)22(30)21(29)19(10-26)33-24)7-12-3-11-6-16(32-17(11)9-18(12)35-25)13-4-14(27)8-15(28)5-13/h3-6,8-9,19-24,26-31H,7,10H2,1-2H3/t19-,20-,21-,22+,23-,24+/m1/s1. The molecule has 10 heteroatoms. The number of ether oxygens (including phenoxy) is 3. The quantitative estimate of drug-likeness (QED) is 0.317. The molecular formula is C25H28O10. The first-order valence-corrected chi connectivity index (χ1v) is 11.3. The Balaban J connectivity index is 1.43. The lowest BCUT2D eigenvalue weighted by Gasteiger charge is -2.45. The zero-order valence-corrected chi connectivity index (χ0v) is 19.2. The molecule has 35 heavy (non-hydrogen) atoms. The highest BCUT2D eigenvalue weighted by Crippen LogP contribution is 2.41. The van der Waals surface area contributed by atoms with Crippen molar-refractivity contribution in [2.45, 2.75) is 62.7 Å². The van der Waals surface area contributed by atoms with Crippen LogP contribution in [0.15, 0.2) is 40.8 Å². The zero-order chi connectivity index (χ0) is 25.1. The first kappa shape index (κ1) is 23.9. The maximum atomic E-state index is 10.4. The van der Waals surface area contributed by atoms with Crippen LogP contribution in [0.4, 0.5) is 0 Å². The number of aromatic hydroxyl groups is 2. The zero-order valence-electron chi connectivity index (χ0n) is 19.2. The monoisotopic (exact) mass is 488 g/mol. The number of aliphatic hydroxyl groups excluding tert-OH is 4. The predicted octanol–water partition coefficient (Wildman–Crippen LogP) is 1.41. The van der Waals surface area contributed by atoms with Gasteiger partial charge in [-0.15, -0.1) is 0 Å². The maximum absolute atomic E-state index is 10.4. The van der Waals surface area contributed by atoms with Gasteiger partial charge in [0.05, 0.1) is 6.61 Å². The second-order valence-corrected chi connectivity index (χ2v) is 9.58. The number of furan rings is 1. The van der Waals surface area contributed by atoms with Crippen molar-refractivity contribution in [3.05, 3.63) is 42.0 Å². The minimum absolute atomic E-state index is 0.0852. The van der Waals surface area contributed by atoms with Gasteiger partial charge in [-0.05, 0) is 43.7 Å². The van der Waals surface area contributed by atoms with Gasteiger partial charge in [0.1, 0.15) is 64.7 Å². The highest BCUT2D eigenvalue weighted by atomic mass is 16.7. The van der Waals surface area contributed by atoms with Crippen LogP contribution in [0.25, 0.3) is 22.3 Å². The van der Waals surface area contributed by atoms with Crippen LogP contribution < -0.4 is 4.74 Å². The summed E-state index contributed by atoms with van der Waals surface area (Å²) in [5, 5.41) is 60.3. The topological polar surface area (TPSA) is 162 Å². The molecule has 3 heterocycles. The van der Waals surface area contributed by atoms with Crippen molar-refractivity contribution >= 4 is 11.0 Å². The molecule has 6 N–H and O–H groups in total. The molecule has 1 saturated heterocycles. The Kier molecular flexibility index (Phi) is 5.91. The van der Waals surface area contributed by atoms with E-state index in [-0.39, 0.29) is 11.5 Å². The lowest BCUT2D eigenvalue weighted by molar-refractivity contribution is -0.321. The van der Waals surface area contributed by atoms with Crippen LogP contribution in [0.2, 0.25) is 0 Å². The largest absolute Gasteiger partial charge is 0.508 e. The van der Waals surface area contributed by atoms with Gasteiger partial charge in [0, 0.05) is 29.5 Å². The highest BCUT2D eigenvalue weighted by molar-refractivity contribution is 5.85. The SMILES string of the molecule is CC1(C)Oc2cc3oc(-c4cc(O)cc(O)c4)cc3cc2C[C@H]1O[C@@H]1O[C@H](CO)[C@@H](O)[C@H](O)[C@H]1O. The van der Waals surface area contributed by atoms with E-state index in [0.717, 1.165) is 10.9 Å². The van der Waals surface area contributed by atoms with Crippen LogP contribution in [-0.4, -0.2) is 79.7 Å². The Labute approximate surface area is 200 Å². The Bertz CT molecular complexity index is 1210. The third-order valence-corrected chi connectivity index (χ3v) is 6.59. The van der Waals surface area contributed by atoms with Crippen LogP contribution >= 0.6 is 0 Å². The molecule has 6 atom stereocenters. The number of phenolic OH excluding ortho intramolecular Hbond substituents is 2. The molecule has 0 bridgehead atoms. The predicted molar refractivity (Wildman–Crippen MR) is 122 cm³/mol. The first-order chi connectivity index (χ1) is 16.6. The van der Waals surface area contributed by atoms with E-state index in [9.17, 15) is 30.6 Å². The van der Waals surface area contributed by atoms with E-state index in [0.29, 0.717) is 29.1 Å². The molecule has 2 aliphatic heterocycles. The summed E-state index contributed by atoms with van der Waals surface area (Å²) in [5.74, 6) is 0.883. The molecule has 1 fully saturated rings. The second-order valence-electron chi connectivity index (χ2n) is 9.58. The van der Waals surface area contributed by atoms with Gasteiger partial charge in [0.15, 0.2) is 6.29 Å². The molecule has 0 amide bonds. The van der Waals surface area contributed by atoms with Crippen LogP contribution in [0.3, 0.4) is 0 Å². The molecule has 10 nitrogen and oxygen atoms in total. The van der Waals surface area contributed by atoms with Gasteiger partial charge in [-0.3, -0.25) is 0 Å². The third-order valence-electron chi connectivity index (χ3n) is 6.59. The number of aliphatic hydroxyl groups is 4. The number of fused-ring (bicyclic) bond motifs is 2. The summed E-state index contributed by atoms with van der Waals surface area (Å²) in [5.41, 5.74) is 1.04. The van der Waals surface area contributed by atoms with Crippen molar-refractivity contribution < 1.29 is 49.3 Å². The van der Waals surface area contributed by atoms with E-state index >= 15 is 0 Å². The van der Waals surface area contributed by atoms with Gasteiger partial charge >= 0.3 is 0 Å². The van der Waals surface area contributed by atoms with E-state index in [1.807, 2.05) is 19.9 Å². The third kappa shape index (κ3) is 4.33. The number of benzene rings is 2. The summed E-state index contributed by atoms with van der Waals surface area (Å²) >= 11 is 0. The first-order valence-electron chi connectivity index (χ1n) is 11.3. The average Bonchev–Trinajstić information content (AvgIpc) is 3.20. The van der Waals surface area contributed by atoms with E-state index in [1.54, 1.807) is 12.1 Å². The van der Waals surface area contributed by atoms with Gasteiger partial charge in [0.25, 0.3) is 0 Å². The summed E-state index contributed by atoms with van der Waals surface area (Å²) in [6, 6.07) is 9.65. The molecule has 2 aliphatic rings.